The molecule has 1 aromatic rings. The molecule has 6 heteroatoms. The first kappa shape index (κ1) is 17.3. The number of amides is 1. The Bertz CT molecular complexity index is 465. The van der Waals surface area contributed by atoms with Gasteiger partial charge in [-0.2, -0.15) is 0 Å². The number of methoxy groups -OCH3 is 2. The van der Waals surface area contributed by atoms with E-state index >= 15 is 0 Å². The zero-order valence-electron chi connectivity index (χ0n) is 13.0. The normalized spacial score (nSPS) is 13.5. The molecule has 0 spiro atoms. The molecule has 0 saturated heterocycles. The standard InChI is InChI=1S/C15H24N2O4/c1-10(12-5-6-13(18)14(9-12)21-4)17-11(2)15(19)16-7-8-20-3/h5-6,9-11,17-18H,7-8H2,1-4H3,(H,16,19). The van der Waals surface area contributed by atoms with E-state index in [1.54, 1.807) is 32.2 Å². The van der Waals surface area contributed by atoms with Crippen LogP contribution in [0, 0.1) is 0 Å². The van der Waals surface area contributed by atoms with Crippen molar-refractivity contribution in [2.45, 2.75) is 25.9 Å². The predicted molar refractivity (Wildman–Crippen MR) is 80.6 cm³/mol. The van der Waals surface area contributed by atoms with E-state index in [0.717, 1.165) is 5.56 Å². The largest absolute Gasteiger partial charge is 0.504 e. The van der Waals surface area contributed by atoms with Crippen LogP contribution in [0.1, 0.15) is 25.5 Å². The van der Waals surface area contributed by atoms with Crippen LogP contribution in [0.2, 0.25) is 0 Å². The van der Waals surface area contributed by atoms with Crippen LogP contribution in [0.4, 0.5) is 0 Å². The van der Waals surface area contributed by atoms with E-state index in [1.807, 2.05) is 6.92 Å². The number of hydrogen-bond acceptors (Lipinski definition) is 5. The maximum absolute atomic E-state index is 11.9. The lowest BCUT2D eigenvalue weighted by molar-refractivity contribution is -0.123. The number of carbonyl (C=O) groups excluding carboxylic acids is 1. The summed E-state index contributed by atoms with van der Waals surface area (Å²) in [6.45, 7) is 4.73. The number of benzene rings is 1. The summed E-state index contributed by atoms with van der Waals surface area (Å²) in [4.78, 5) is 11.9. The van der Waals surface area contributed by atoms with Crippen LogP contribution in [-0.2, 0) is 9.53 Å². The van der Waals surface area contributed by atoms with Crippen molar-refractivity contribution >= 4 is 5.91 Å². The molecule has 6 nitrogen and oxygen atoms in total. The van der Waals surface area contributed by atoms with Crippen LogP contribution in [0.5, 0.6) is 11.5 Å². The van der Waals surface area contributed by atoms with E-state index in [-0.39, 0.29) is 23.7 Å². The zero-order chi connectivity index (χ0) is 15.8. The third-order valence-electron chi connectivity index (χ3n) is 3.20. The molecule has 1 amide bonds. The van der Waals surface area contributed by atoms with Gasteiger partial charge in [0.1, 0.15) is 0 Å². The molecule has 2 unspecified atom stereocenters. The van der Waals surface area contributed by atoms with Crippen molar-refractivity contribution in [3.05, 3.63) is 23.8 Å². The van der Waals surface area contributed by atoms with E-state index in [0.29, 0.717) is 18.9 Å². The van der Waals surface area contributed by atoms with Gasteiger partial charge in [0.05, 0.1) is 19.8 Å². The van der Waals surface area contributed by atoms with Gasteiger partial charge >= 0.3 is 0 Å². The quantitative estimate of drug-likeness (QED) is 0.628. The molecule has 3 N–H and O–H groups in total. The summed E-state index contributed by atoms with van der Waals surface area (Å²) >= 11 is 0. The average Bonchev–Trinajstić information content (AvgIpc) is 2.47. The highest BCUT2D eigenvalue weighted by Gasteiger charge is 2.16. The van der Waals surface area contributed by atoms with Crippen molar-refractivity contribution in [3.8, 4) is 11.5 Å². The minimum atomic E-state index is -0.336. The van der Waals surface area contributed by atoms with Gasteiger partial charge in [0.25, 0.3) is 0 Å². The highest BCUT2D eigenvalue weighted by molar-refractivity contribution is 5.81. The molecule has 1 rings (SSSR count). The molecule has 0 aliphatic rings. The topological polar surface area (TPSA) is 79.8 Å². The minimum Gasteiger partial charge on any atom is -0.504 e. The molecular weight excluding hydrogens is 272 g/mol. The lowest BCUT2D eigenvalue weighted by atomic mass is 10.1. The van der Waals surface area contributed by atoms with Gasteiger partial charge in [-0.25, -0.2) is 0 Å². The van der Waals surface area contributed by atoms with Gasteiger partial charge in [0, 0.05) is 19.7 Å². The monoisotopic (exact) mass is 296 g/mol. The Hall–Kier alpha value is -1.79. The van der Waals surface area contributed by atoms with Crippen LogP contribution in [0.25, 0.3) is 0 Å². The second-order valence-corrected chi connectivity index (χ2v) is 4.83. The molecular formula is C15H24N2O4. The van der Waals surface area contributed by atoms with Crippen molar-refractivity contribution in [2.75, 3.05) is 27.4 Å². The molecule has 0 bridgehead atoms. The first-order valence-corrected chi connectivity index (χ1v) is 6.89. The average molecular weight is 296 g/mol. The fourth-order valence-corrected chi connectivity index (χ4v) is 1.94. The SMILES string of the molecule is COCCNC(=O)C(C)NC(C)c1ccc(O)c(OC)c1. The fraction of sp³-hybridized carbons (Fsp3) is 0.533. The van der Waals surface area contributed by atoms with Crippen molar-refractivity contribution in [2.24, 2.45) is 0 Å². The van der Waals surface area contributed by atoms with Gasteiger partial charge in [-0.3, -0.25) is 10.1 Å². The number of phenols is 1. The number of hydrogen-bond donors (Lipinski definition) is 3. The molecule has 0 aliphatic carbocycles. The molecule has 118 valence electrons. The first-order chi connectivity index (χ1) is 9.99. The Labute approximate surface area is 125 Å². The number of nitrogens with one attached hydrogen (secondary N) is 2. The van der Waals surface area contributed by atoms with Gasteiger partial charge in [-0.1, -0.05) is 6.07 Å². The summed E-state index contributed by atoms with van der Waals surface area (Å²) in [5.74, 6) is 0.432. The number of aromatic hydroxyl groups is 1. The summed E-state index contributed by atoms with van der Waals surface area (Å²) in [6, 6.07) is 4.74. The van der Waals surface area contributed by atoms with Gasteiger partial charge in [-0.15, -0.1) is 0 Å². The highest BCUT2D eigenvalue weighted by Crippen LogP contribution is 2.28. The molecule has 1 aromatic carbocycles. The number of ether oxygens (including phenoxy) is 2. The van der Waals surface area contributed by atoms with Crippen molar-refractivity contribution in [1.82, 2.24) is 10.6 Å². The first-order valence-electron chi connectivity index (χ1n) is 6.89. The second-order valence-electron chi connectivity index (χ2n) is 4.83. The summed E-state index contributed by atoms with van der Waals surface area (Å²) < 4.78 is 9.97. The van der Waals surface area contributed by atoms with E-state index in [2.05, 4.69) is 10.6 Å². The summed E-state index contributed by atoms with van der Waals surface area (Å²) in [5, 5.41) is 15.6. The van der Waals surface area contributed by atoms with Gasteiger partial charge in [-0.05, 0) is 31.5 Å². The summed E-state index contributed by atoms with van der Waals surface area (Å²) in [7, 11) is 3.09. The van der Waals surface area contributed by atoms with Crippen LogP contribution < -0.4 is 15.4 Å². The number of phenolic OH excluding ortho intramolecular Hbond substituents is 1. The Morgan fingerprint density at radius 1 is 1.33 bits per heavy atom. The smallest absolute Gasteiger partial charge is 0.236 e. The maximum atomic E-state index is 11.9. The van der Waals surface area contributed by atoms with E-state index in [4.69, 9.17) is 9.47 Å². The highest BCUT2D eigenvalue weighted by atomic mass is 16.5. The molecule has 0 aromatic heterocycles. The Morgan fingerprint density at radius 3 is 2.67 bits per heavy atom. The molecule has 0 saturated carbocycles. The molecule has 0 radical (unpaired) electrons. The third kappa shape index (κ3) is 5.24. The lowest BCUT2D eigenvalue weighted by Crippen LogP contribution is -2.44. The van der Waals surface area contributed by atoms with Crippen molar-refractivity contribution in [3.63, 3.8) is 0 Å². The van der Waals surface area contributed by atoms with Crippen LogP contribution >= 0.6 is 0 Å². The number of carbonyl (C=O) groups is 1. The Balaban J connectivity index is 2.59. The molecule has 21 heavy (non-hydrogen) atoms. The zero-order valence-corrected chi connectivity index (χ0v) is 13.0. The lowest BCUT2D eigenvalue weighted by Gasteiger charge is -2.20. The van der Waals surface area contributed by atoms with Crippen LogP contribution in [0.3, 0.4) is 0 Å². The maximum Gasteiger partial charge on any atom is 0.236 e. The third-order valence-corrected chi connectivity index (χ3v) is 3.20. The van der Waals surface area contributed by atoms with E-state index in [9.17, 15) is 9.90 Å². The molecule has 0 fully saturated rings. The van der Waals surface area contributed by atoms with Crippen molar-refractivity contribution in [1.29, 1.82) is 0 Å². The molecule has 2 atom stereocenters. The van der Waals surface area contributed by atoms with E-state index in [1.165, 1.54) is 7.11 Å². The van der Waals surface area contributed by atoms with Crippen LogP contribution in [-0.4, -0.2) is 44.4 Å². The van der Waals surface area contributed by atoms with Gasteiger partial charge < -0.3 is 19.9 Å². The molecule has 0 heterocycles. The summed E-state index contributed by atoms with van der Waals surface area (Å²) in [5.41, 5.74) is 0.932. The molecule has 0 aliphatic heterocycles. The fourth-order valence-electron chi connectivity index (χ4n) is 1.94. The Kier molecular flexibility index (Phi) is 6.98. The van der Waals surface area contributed by atoms with Gasteiger partial charge in [0.2, 0.25) is 5.91 Å². The predicted octanol–water partition coefficient (Wildman–Crippen LogP) is 1.20. The minimum absolute atomic E-state index is 0.0531. The second kappa shape index (κ2) is 8.49. The van der Waals surface area contributed by atoms with Gasteiger partial charge in [0.15, 0.2) is 11.5 Å². The summed E-state index contributed by atoms with van der Waals surface area (Å²) in [6.07, 6.45) is 0. The number of rotatable bonds is 8. The van der Waals surface area contributed by atoms with E-state index < -0.39 is 0 Å². The van der Waals surface area contributed by atoms with Crippen LogP contribution in [0.15, 0.2) is 18.2 Å². The van der Waals surface area contributed by atoms with Crippen molar-refractivity contribution < 1.29 is 19.4 Å². The Morgan fingerprint density at radius 2 is 2.05 bits per heavy atom.